The molecule has 8 heteroatoms. The first-order valence-electron chi connectivity index (χ1n) is 5.84. The van der Waals surface area contributed by atoms with Crippen molar-refractivity contribution in [2.75, 3.05) is 0 Å². The summed E-state index contributed by atoms with van der Waals surface area (Å²) in [5.74, 6) is 18.6. The van der Waals surface area contributed by atoms with E-state index < -0.39 is 55.8 Å². The fraction of sp³-hybridized carbons (Fsp3) is 1.00. The van der Waals surface area contributed by atoms with Crippen LogP contribution >= 0.6 is 0 Å². The predicted molar refractivity (Wildman–Crippen MR) is 74.0 cm³/mol. The molecule has 0 radical (unpaired) electrons. The van der Waals surface area contributed by atoms with Crippen molar-refractivity contribution in [2.45, 2.75) is 51.8 Å². The van der Waals surface area contributed by atoms with Crippen molar-refractivity contribution in [1.29, 1.82) is 0 Å². The molecule has 0 amide bonds. The molecule has 0 aliphatic carbocycles. The van der Waals surface area contributed by atoms with Gasteiger partial charge in [0, 0.05) is 0 Å². The average Bonchev–Trinajstić information content (AvgIpc) is 1.65. The molecule has 0 N–H and O–H groups in total. The summed E-state index contributed by atoms with van der Waals surface area (Å²) in [7, 11) is 0. The molecule has 0 atom stereocenters. The molecule has 104 valence electrons. The van der Waals surface area contributed by atoms with E-state index in [4.69, 9.17) is 8.07 Å². The topological polar surface area (TPSA) is 44.8 Å². The van der Waals surface area contributed by atoms with Crippen molar-refractivity contribution in [1.82, 2.24) is 0 Å². The van der Waals surface area contributed by atoms with Crippen LogP contribution in [-0.2, 0) is 26.8 Å². The number of hydrogen-bond donors (Lipinski definition) is 0. The van der Waals surface area contributed by atoms with Crippen molar-refractivity contribution in [2.24, 2.45) is 0 Å². The summed E-state index contributed by atoms with van der Waals surface area (Å²) in [6.45, 7) is 0. The molecule has 0 aromatic heterocycles. The minimum absolute atomic E-state index is 2.06. The summed E-state index contributed by atoms with van der Waals surface area (Å²) >= 11 is -11.3. The van der Waals surface area contributed by atoms with Crippen LogP contribution in [0.25, 0.3) is 0 Å². The fourth-order valence-corrected chi connectivity index (χ4v) is 27.8. The van der Waals surface area contributed by atoms with Crippen LogP contribution in [0, 0.1) is 0 Å². The van der Waals surface area contributed by atoms with Crippen molar-refractivity contribution >= 4 is 40.8 Å². The van der Waals surface area contributed by atoms with Crippen LogP contribution in [0.4, 0.5) is 0 Å². The summed E-state index contributed by atoms with van der Waals surface area (Å²) < 4.78 is 30.3. The summed E-state index contributed by atoms with van der Waals surface area (Å²) in [5.41, 5.74) is 0. The van der Waals surface area contributed by atoms with Crippen LogP contribution in [0.1, 0.15) is 0 Å². The van der Waals surface area contributed by atoms with Crippen LogP contribution in [0.15, 0.2) is 0 Å². The normalized spacial score (nSPS) is 15.1. The first kappa shape index (κ1) is 18.9. The van der Waals surface area contributed by atoms with Gasteiger partial charge in [-0.2, -0.15) is 0 Å². The van der Waals surface area contributed by atoms with Gasteiger partial charge < -0.3 is 0 Å². The Balaban J connectivity index is 5.03. The third-order valence-electron chi connectivity index (χ3n) is 1.16. The van der Waals surface area contributed by atoms with Gasteiger partial charge in [0.2, 0.25) is 0 Å². The average molecular weight is 468 g/mol. The number of rotatable bonds is 6. The van der Waals surface area contributed by atoms with Gasteiger partial charge in [0.25, 0.3) is 0 Å². The summed E-state index contributed by atoms with van der Waals surface area (Å²) in [6, 6.07) is 0. The Morgan fingerprint density at radius 3 is 0.882 bits per heavy atom. The molecule has 0 aromatic rings. The molecule has 0 saturated carbocycles. The van der Waals surface area contributed by atoms with E-state index in [-0.39, 0.29) is 0 Å². The van der Waals surface area contributed by atoms with Gasteiger partial charge in [-0.05, 0) is 0 Å². The third-order valence-corrected chi connectivity index (χ3v) is 24.8. The first-order chi connectivity index (χ1) is 7.12. The van der Waals surface area contributed by atoms with E-state index in [9.17, 15) is 3.67 Å². The molecule has 0 spiro atoms. The monoisotopic (exact) mass is 472 g/mol. The van der Waals surface area contributed by atoms with Crippen LogP contribution in [-0.4, -0.2) is 40.8 Å². The Kier molecular flexibility index (Phi) is 6.80. The van der Waals surface area contributed by atoms with Gasteiger partial charge in [-0.3, -0.25) is 0 Å². The number of hydrogen-bond acceptors (Lipinski definition) is 4. The second-order valence-corrected chi connectivity index (χ2v) is 40.6. The van der Waals surface area contributed by atoms with E-state index >= 15 is 0 Å². The van der Waals surface area contributed by atoms with Gasteiger partial charge in [-0.25, -0.2) is 0 Å². The molecule has 0 unspecified atom stereocenters. The molecule has 0 aromatic carbocycles. The first-order valence-corrected chi connectivity index (χ1v) is 29.6. The van der Waals surface area contributed by atoms with Crippen molar-refractivity contribution < 1.29 is 26.8 Å². The zero-order chi connectivity index (χ0) is 14.1. The Morgan fingerprint density at radius 2 is 0.765 bits per heavy atom. The molecule has 0 fully saturated rings. The molecule has 17 heavy (non-hydrogen) atoms. The van der Waals surface area contributed by atoms with E-state index in [1.165, 1.54) is 0 Å². The second kappa shape index (κ2) is 6.12. The van der Waals surface area contributed by atoms with Crippen LogP contribution in [0.2, 0.25) is 51.8 Å². The Hall–Kier alpha value is 1.89. The standard InChI is InChI=1S/3C3H9GeO.O.V/c3*1-4(2,3)5;;/h3*1-3H3;;/q3*-1;;+3. The van der Waals surface area contributed by atoms with Gasteiger partial charge in [-0.15, -0.1) is 0 Å². The fourth-order valence-electron chi connectivity index (χ4n) is 1.06. The minimum atomic E-state index is -4.04. The van der Waals surface area contributed by atoms with Crippen LogP contribution in [0.3, 0.4) is 0 Å². The summed E-state index contributed by atoms with van der Waals surface area (Å²) in [6.07, 6.45) is 0. The van der Waals surface area contributed by atoms with E-state index in [1.807, 2.05) is 0 Å². The van der Waals surface area contributed by atoms with Crippen molar-refractivity contribution in [3.63, 3.8) is 0 Å². The Morgan fingerprint density at radius 1 is 0.588 bits per heavy atom. The molecular formula is C9H27Ge3O4V. The predicted octanol–water partition coefficient (Wildman–Crippen LogP) is 3.79. The quantitative estimate of drug-likeness (QED) is 0.557. The summed E-state index contributed by atoms with van der Waals surface area (Å²) in [5, 5.41) is 0. The molecule has 0 bridgehead atoms. The third kappa shape index (κ3) is 11.4. The molecular weight excluding hydrogens is 441 g/mol. The SMILES string of the molecule is [CH3][Ge]([CH3])([CH3])[O][V](=[O])([O][Ge]([CH3])([CH3])[CH3])[O][Ge]([CH3])([CH3])[CH3]. The Labute approximate surface area is 118 Å². The maximum absolute atomic E-state index is 12.8. The molecule has 0 saturated heterocycles. The van der Waals surface area contributed by atoms with Gasteiger partial charge >= 0.3 is 119 Å². The zero-order valence-electron chi connectivity index (χ0n) is 12.6. The van der Waals surface area contributed by atoms with Gasteiger partial charge in [-0.1, -0.05) is 0 Å². The zero-order valence-corrected chi connectivity index (χ0v) is 20.3. The Bertz CT molecular complexity index is 253. The molecule has 0 rings (SSSR count). The van der Waals surface area contributed by atoms with E-state index in [1.54, 1.807) is 0 Å². The van der Waals surface area contributed by atoms with Crippen molar-refractivity contribution in [3.05, 3.63) is 0 Å². The molecule has 0 heterocycles. The van der Waals surface area contributed by atoms with Crippen LogP contribution in [0.5, 0.6) is 0 Å². The van der Waals surface area contributed by atoms with Crippen molar-refractivity contribution in [3.8, 4) is 0 Å². The van der Waals surface area contributed by atoms with Crippen LogP contribution < -0.4 is 0 Å². The van der Waals surface area contributed by atoms with E-state index in [2.05, 4.69) is 51.8 Å². The van der Waals surface area contributed by atoms with Gasteiger partial charge in [0.15, 0.2) is 0 Å². The second-order valence-electron chi connectivity index (χ2n) is 7.06. The van der Waals surface area contributed by atoms with Gasteiger partial charge in [0.1, 0.15) is 0 Å². The van der Waals surface area contributed by atoms with E-state index in [0.717, 1.165) is 0 Å². The van der Waals surface area contributed by atoms with E-state index in [0.29, 0.717) is 0 Å². The molecule has 4 nitrogen and oxygen atoms in total. The maximum atomic E-state index is 12.8. The molecule has 0 aliphatic heterocycles. The van der Waals surface area contributed by atoms with Gasteiger partial charge in [0.05, 0.1) is 0 Å². The molecule has 0 aliphatic rings. The summed E-state index contributed by atoms with van der Waals surface area (Å²) in [4.78, 5) is 0.